The van der Waals surface area contributed by atoms with Crippen molar-refractivity contribution in [1.29, 1.82) is 0 Å². The standard InChI is InChI=1S/C19H15ClF3N3O2/c1-11-5-2-3-6-12(11)9-26-10-15(27)17(28)25-18(26)24-14-8-4-7-13(16(14)20)19(21,22)23/h2-8,10,27H,9H2,1H3,(H,24,25,28). The molecule has 3 rings (SSSR count). The number of aromatic hydroxyl groups is 1. The quantitative estimate of drug-likeness (QED) is 0.654. The van der Waals surface area contributed by atoms with Crippen LogP contribution in [0.2, 0.25) is 5.02 Å². The molecule has 5 nitrogen and oxygen atoms in total. The highest BCUT2D eigenvalue weighted by Crippen LogP contribution is 2.38. The number of alkyl halides is 3. The highest BCUT2D eigenvalue weighted by molar-refractivity contribution is 6.34. The van der Waals surface area contributed by atoms with Crippen LogP contribution in [0.4, 0.5) is 24.8 Å². The average Bonchev–Trinajstić information content (AvgIpc) is 2.61. The minimum absolute atomic E-state index is 0.0488. The van der Waals surface area contributed by atoms with Crippen molar-refractivity contribution in [3.63, 3.8) is 0 Å². The lowest BCUT2D eigenvalue weighted by Gasteiger charge is -2.17. The Hall–Kier alpha value is -3.00. The van der Waals surface area contributed by atoms with Gasteiger partial charge in [0.2, 0.25) is 5.95 Å². The van der Waals surface area contributed by atoms with E-state index in [-0.39, 0.29) is 18.2 Å². The maximum atomic E-state index is 13.1. The number of nitrogens with one attached hydrogen (secondary N) is 1. The number of hydrogen-bond donors (Lipinski definition) is 2. The zero-order valence-electron chi connectivity index (χ0n) is 14.6. The Morgan fingerprint density at radius 3 is 2.57 bits per heavy atom. The molecular formula is C19H15ClF3N3O2. The Labute approximate surface area is 163 Å². The summed E-state index contributed by atoms with van der Waals surface area (Å²) in [4.78, 5) is 15.5. The van der Waals surface area contributed by atoms with E-state index >= 15 is 0 Å². The fraction of sp³-hybridized carbons (Fsp3) is 0.158. The lowest BCUT2D eigenvalue weighted by Crippen LogP contribution is -2.17. The Morgan fingerprint density at radius 1 is 1.18 bits per heavy atom. The third-order valence-electron chi connectivity index (χ3n) is 4.13. The fourth-order valence-corrected chi connectivity index (χ4v) is 2.92. The van der Waals surface area contributed by atoms with Crippen LogP contribution in [-0.4, -0.2) is 14.7 Å². The van der Waals surface area contributed by atoms with E-state index in [1.807, 2.05) is 31.2 Å². The molecule has 28 heavy (non-hydrogen) atoms. The first-order valence-electron chi connectivity index (χ1n) is 8.14. The monoisotopic (exact) mass is 409 g/mol. The van der Waals surface area contributed by atoms with Crippen molar-refractivity contribution < 1.29 is 18.3 Å². The van der Waals surface area contributed by atoms with E-state index in [9.17, 15) is 23.1 Å². The third-order valence-corrected chi connectivity index (χ3v) is 4.54. The highest BCUT2D eigenvalue weighted by atomic mass is 35.5. The van der Waals surface area contributed by atoms with Crippen molar-refractivity contribution >= 4 is 23.2 Å². The van der Waals surface area contributed by atoms with Gasteiger partial charge in [-0.3, -0.25) is 4.79 Å². The summed E-state index contributed by atoms with van der Waals surface area (Å²) < 4.78 is 40.7. The molecule has 0 radical (unpaired) electrons. The van der Waals surface area contributed by atoms with E-state index in [0.29, 0.717) is 0 Å². The van der Waals surface area contributed by atoms with Crippen LogP contribution in [0.5, 0.6) is 5.75 Å². The van der Waals surface area contributed by atoms with Crippen LogP contribution in [0, 0.1) is 6.92 Å². The Morgan fingerprint density at radius 2 is 1.89 bits per heavy atom. The topological polar surface area (TPSA) is 67.2 Å². The van der Waals surface area contributed by atoms with E-state index in [1.165, 1.54) is 22.9 Å². The summed E-state index contributed by atoms with van der Waals surface area (Å²) in [5, 5.41) is 11.9. The van der Waals surface area contributed by atoms with Crippen molar-refractivity contribution in [3.05, 3.63) is 80.7 Å². The van der Waals surface area contributed by atoms with Crippen molar-refractivity contribution in [1.82, 2.24) is 9.55 Å². The van der Waals surface area contributed by atoms with Crippen LogP contribution in [-0.2, 0) is 12.7 Å². The van der Waals surface area contributed by atoms with Gasteiger partial charge in [0, 0.05) is 0 Å². The minimum atomic E-state index is -4.63. The van der Waals surface area contributed by atoms with Crippen LogP contribution in [0.25, 0.3) is 0 Å². The summed E-state index contributed by atoms with van der Waals surface area (Å²) in [6.07, 6.45) is -3.45. The van der Waals surface area contributed by atoms with Crippen LogP contribution in [0.1, 0.15) is 16.7 Å². The first kappa shape index (κ1) is 19.8. The van der Waals surface area contributed by atoms with Gasteiger partial charge >= 0.3 is 11.7 Å². The van der Waals surface area contributed by atoms with Crippen LogP contribution in [0.3, 0.4) is 0 Å². The van der Waals surface area contributed by atoms with Gasteiger partial charge in [-0.2, -0.15) is 18.2 Å². The Kier molecular flexibility index (Phi) is 5.33. The molecule has 2 N–H and O–H groups in total. The molecule has 1 aromatic heterocycles. The van der Waals surface area contributed by atoms with Crippen molar-refractivity contribution in [2.75, 3.05) is 5.32 Å². The normalized spacial score (nSPS) is 11.5. The number of benzene rings is 2. The molecule has 1 heterocycles. The molecule has 146 valence electrons. The molecule has 0 atom stereocenters. The summed E-state index contributed by atoms with van der Waals surface area (Å²) in [7, 11) is 0. The molecule has 2 aromatic carbocycles. The predicted octanol–water partition coefficient (Wildman–Crippen LogP) is 4.72. The van der Waals surface area contributed by atoms with Gasteiger partial charge in [-0.05, 0) is 30.2 Å². The highest BCUT2D eigenvalue weighted by Gasteiger charge is 2.34. The number of aryl methyl sites for hydroxylation is 1. The molecule has 0 saturated heterocycles. The number of anilines is 2. The van der Waals surface area contributed by atoms with Gasteiger partial charge in [0.1, 0.15) is 0 Å². The van der Waals surface area contributed by atoms with Gasteiger partial charge in [0.25, 0.3) is 0 Å². The van der Waals surface area contributed by atoms with E-state index < -0.39 is 28.1 Å². The summed E-state index contributed by atoms with van der Waals surface area (Å²) >= 11 is 5.91. The van der Waals surface area contributed by atoms with Crippen LogP contribution >= 0.6 is 11.6 Å². The van der Waals surface area contributed by atoms with Gasteiger partial charge < -0.3 is 15.0 Å². The third kappa shape index (κ3) is 4.12. The molecule has 0 aliphatic carbocycles. The molecule has 0 aliphatic heterocycles. The molecule has 0 spiro atoms. The van der Waals surface area contributed by atoms with E-state index in [2.05, 4.69) is 10.3 Å². The summed E-state index contributed by atoms with van der Waals surface area (Å²) in [5.74, 6) is -0.624. The Balaban J connectivity index is 2.05. The average molecular weight is 410 g/mol. The van der Waals surface area contributed by atoms with Gasteiger partial charge in [0.05, 0.1) is 29.0 Å². The molecular weight excluding hydrogens is 395 g/mol. The SMILES string of the molecule is Cc1ccccc1Cn1cc(O)c(=O)nc1Nc1cccc(C(F)(F)F)c1Cl. The van der Waals surface area contributed by atoms with Crippen molar-refractivity contribution in [2.45, 2.75) is 19.6 Å². The summed E-state index contributed by atoms with van der Waals surface area (Å²) in [5.41, 5.74) is -0.140. The second-order valence-corrected chi connectivity index (χ2v) is 6.48. The first-order chi connectivity index (χ1) is 13.2. The van der Waals surface area contributed by atoms with Crippen LogP contribution < -0.4 is 10.9 Å². The minimum Gasteiger partial charge on any atom is -0.502 e. The molecule has 0 bridgehead atoms. The molecule has 0 saturated carbocycles. The summed E-state index contributed by atoms with van der Waals surface area (Å²) in [6, 6.07) is 10.8. The maximum Gasteiger partial charge on any atom is 0.417 e. The molecule has 9 heteroatoms. The molecule has 0 aliphatic rings. The zero-order chi connectivity index (χ0) is 20.5. The van der Waals surface area contributed by atoms with Gasteiger partial charge in [-0.15, -0.1) is 0 Å². The lowest BCUT2D eigenvalue weighted by molar-refractivity contribution is -0.137. The van der Waals surface area contributed by atoms with Crippen LogP contribution in [0.15, 0.2) is 53.5 Å². The van der Waals surface area contributed by atoms with E-state index in [4.69, 9.17) is 11.6 Å². The maximum absolute atomic E-state index is 13.1. The lowest BCUT2D eigenvalue weighted by atomic mass is 10.1. The number of aromatic nitrogens is 2. The molecule has 0 fully saturated rings. The second-order valence-electron chi connectivity index (χ2n) is 6.10. The Bertz CT molecular complexity index is 1080. The first-order valence-corrected chi connectivity index (χ1v) is 8.52. The van der Waals surface area contributed by atoms with E-state index in [1.54, 1.807) is 0 Å². The predicted molar refractivity (Wildman–Crippen MR) is 100 cm³/mol. The summed E-state index contributed by atoms with van der Waals surface area (Å²) in [6.45, 7) is 2.12. The largest absolute Gasteiger partial charge is 0.502 e. The van der Waals surface area contributed by atoms with Crippen molar-refractivity contribution in [2.24, 2.45) is 0 Å². The number of nitrogens with zero attached hydrogens (tertiary/aromatic N) is 2. The smallest absolute Gasteiger partial charge is 0.417 e. The number of halogens is 4. The molecule has 0 amide bonds. The molecule has 3 aromatic rings. The van der Waals surface area contributed by atoms with Gasteiger partial charge in [-0.1, -0.05) is 41.9 Å². The van der Waals surface area contributed by atoms with Crippen molar-refractivity contribution in [3.8, 4) is 5.75 Å². The second kappa shape index (κ2) is 7.55. The van der Waals surface area contributed by atoms with Gasteiger partial charge in [0.15, 0.2) is 5.75 Å². The van der Waals surface area contributed by atoms with E-state index in [0.717, 1.165) is 17.2 Å². The fourth-order valence-electron chi connectivity index (χ4n) is 2.64. The zero-order valence-corrected chi connectivity index (χ0v) is 15.3. The molecule has 0 unspecified atom stereocenters. The van der Waals surface area contributed by atoms with Gasteiger partial charge in [-0.25, -0.2) is 0 Å². The number of rotatable bonds is 4. The number of hydrogen-bond acceptors (Lipinski definition) is 4.